The molecule has 0 atom stereocenters. The normalized spacial score (nSPS) is 11.6. The largest absolute Gasteiger partial charge is 0.328 e. The summed E-state index contributed by atoms with van der Waals surface area (Å²) in [6.07, 6.45) is 1.85. The first-order valence-electron chi connectivity index (χ1n) is 6.92. The van der Waals surface area contributed by atoms with Crippen molar-refractivity contribution in [3.05, 3.63) is 58.8 Å². The molecule has 2 heterocycles. The molecular weight excluding hydrogens is 362 g/mol. The number of thioether (sulfide) groups is 1. The molecule has 0 aliphatic carbocycles. The van der Waals surface area contributed by atoms with E-state index >= 15 is 0 Å². The van der Waals surface area contributed by atoms with Crippen LogP contribution >= 0.6 is 23.1 Å². The maximum atomic E-state index is 11.3. The van der Waals surface area contributed by atoms with Crippen molar-refractivity contribution < 1.29 is 8.42 Å². The van der Waals surface area contributed by atoms with Crippen LogP contribution in [0.1, 0.15) is 0 Å². The third-order valence-corrected chi connectivity index (χ3v) is 6.63. The number of hydrogen-bond donors (Lipinski definition) is 1. The third-order valence-electron chi connectivity index (χ3n) is 3.34. The van der Waals surface area contributed by atoms with Crippen molar-refractivity contribution in [2.24, 2.45) is 12.2 Å². The molecule has 0 amide bonds. The van der Waals surface area contributed by atoms with Crippen molar-refractivity contribution >= 4 is 33.1 Å². The van der Waals surface area contributed by atoms with Gasteiger partial charge in [0.1, 0.15) is 4.24 Å². The zero-order valence-electron chi connectivity index (χ0n) is 12.8. The summed E-state index contributed by atoms with van der Waals surface area (Å²) in [5.41, 5.74) is 2.88. The highest BCUT2D eigenvalue weighted by molar-refractivity contribution is 8.17. The minimum atomic E-state index is -3.79. The number of sulfonamides is 1. The van der Waals surface area contributed by atoms with Crippen LogP contribution in [0.2, 0.25) is 0 Å². The van der Waals surface area contributed by atoms with Crippen LogP contribution in [0.15, 0.2) is 63.9 Å². The summed E-state index contributed by atoms with van der Waals surface area (Å²) in [7, 11) is -1.99. The average molecular weight is 378 g/mol. The number of thiophene rings is 1. The van der Waals surface area contributed by atoms with E-state index in [1.54, 1.807) is 23.0 Å². The van der Waals surface area contributed by atoms with E-state index in [0.29, 0.717) is 5.16 Å². The standard InChI is InChI=1S/C16H15N3O2S3/c1-11(24(17,20)21)23-16-18-14(10-19(16)2)12-5-7-13(8-6-12)15-4-3-9-22-15/h3-10H,1H2,2H3,(H2,17,20,21). The molecule has 3 aromatic rings. The molecule has 24 heavy (non-hydrogen) atoms. The van der Waals surface area contributed by atoms with Crippen molar-refractivity contribution in [1.82, 2.24) is 9.55 Å². The number of nitrogens with two attached hydrogens (primary N) is 1. The molecule has 0 unspecified atom stereocenters. The van der Waals surface area contributed by atoms with E-state index in [1.165, 1.54) is 4.88 Å². The highest BCUT2D eigenvalue weighted by Gasteiger charge is 2.15. The second kappa shape index (κ2) is 6.56. The lowest BCUT2D eigenvalue weighted by molar-refractivity contribution is 0.605. The lowest BCUT2D eigenvalue weighted by Gasteiger charge is -2.01. The predicted molar refractivity (Wildman–Crippen MR) is 100 cm³/mol. The van der Waals surface area contributed by atoms with E-state index in [2.05, 4.69) is 17.6 Å². The monoisotopic (exact) mass is 377 g/mol. The SMILES string of the molecule is C=C(Sc1nc(-c2ccc(-c3cccs3)cc2)cn1C)S(N)(=O)=O. The Kier molecular flexibility index (Phi) is 4.64. The summed E-state index contributed by atoms with van der Waals surface area (Å²) >= 11 is 2.63. The summed E-state index contributed by atoms with van der Waals surface area (Å²) in [6.45, 7) is 3.48. The molecule has 5 nitrogen and oxygen atoms in total. The lowest BCUT2D eigenvalue weighted by atomic mass is 10.1. The highest BCUT2D eigenvalue weighted by atomic mass is 32.3. The molecule has 0 aliphatic rings. The Labute approximate surface area is 148 Å². The molecule has 0 saturated carbocycles. The Morgan fingerprint density at radius 1 is 1.25 bits per heavy atom. The fourth-order valence-electron chi connectivity index (χ4n) is 2.09. The Balaban J connectivity index is 1.86. The zero-order valence-corrected chi connectivity index (χ0v) is 15.3. The van der Waals surface area contributed by atoms with E-state index in [1.807, 2.05) is 41.9 Å². The summed E-state index contributed by atoms with van der Waals surface area (Å²) in [6, 6.07) is 12.2. The van der Waals surface area contributed by atoms with Gasteiger partial charge in [0.15, 0.2) is 5.16 Å². The van der Waals surface area contributed by atoms with Gasteiger partial charge >= 0.3 is 0 Å². The number of aryl methyl sites for hydroxylation is 1. The minimum Gasteiger partial charge on any atom is -0.328 e. The number of aromatic nitrogens is 2. The molecule has 0 radical (unpaired) electrons. The van der Waals surface area contributed by atoms with E-state index in [0.717, 1.165) is 28.6 Å². The first kappa shape index (κ1) is 17.0. The second-order valence-corrected chi connectivity index (χ2v) is 8.94. The van der Waals surface area contributed by atoms with Crippen LogP contribution in [0.25, 0.3) is 21.7 Å². The van der Waals surface area contributed by atoms with Crippen molar-refractivity contribution in [1.29, 1.82) is 0 Å². The molecule has 3 rings (SSSR count). The fourth-order valence-corrected chi connectivity index (χ4v) is 4.06. The zero-order chi connectivity index (χ0) is 17.3. The van der Waals surface area contributed by atoms with Gasteiger partial charge in [-0.15, -0.1) is 11.3 Å². The summed E-state index contributed by atoms with van der Waals surface area (Å²) < 4.78 is 24.2. The first-order chi connectivity index (χ1) is 11.3. The van der Waals surface area contributed by atoms with Crippen molar-refractivity contribution in [2.75, 3.05) is 0 Å². The molecule has 1 aromatic carbocycles. The smallest absolute Gasteiger partial charge is 0.243 e. The van der Waals surface area contributed by atoms with Gasteiger partial charge in [-0.1, -0.05) is 36.9 Å². The van der Waals surface area contributed by atoms with Crippen LogP contribution in [-0.2, 0) is 17.1 Å². The number of rotatable bonds is 5. The highest BCUT2D eigenvalue weighted by Crippen LogP contribution is 2.31. The van der Waals surface area contributed by atoms with Crippen molar-refractivity contribution in [3.63, 3.8) is 0 Å². The Hall–Kier alpha value is -1.87. The number of primary sulfonamides is 1. The van der Waals surface area contributed by atoms with Gasteiger partial charge in [0.25, 0.3) is 0 Å². The molecule has 8 heteroatoms. The molecule has 0 saturated heterocycles. The molecule has 0 fully saturated rings. The molecule has 124 valence electrons. The topological polar surface area (TPSA) is 78.0 Å². The number of hydrogen-bond acceptors (Lipinski definition) is 5. The van der Waals surface area contributed by atoms with Gasteiger partial charge in [-0.2, -0.15) is 0 Å². The molecule has 2 N–H and O–H groups in total. The van der Waals surface area contributed by atoms with Gasteiger partial charge in [-0.05, 0) is 28.8 Å². The summed E-state index contributed by atoms with van der Waals surface area (Å²) in [5.74, 6) is 0. The predicted octanol–water partition coefficient (Wildman–Crippen LogP) is 3.67. The maximum Gasteiger partial charge on any atom is 0.243 e. The van der Waals surface area contributed by atoms with Gasteiger partial charge in [0.05, 0.1) is 5.69 Å². The number of imidazole rings is 1. The van der Waals surface area contributed by atoms with Crippen LogP contribution in [0.4, 0.5) is 0 Å². The van der Waals surface area contributed by atoms with Gasteiger partial charge in [0.2, 0.25) is 10.0 Å². The fraction of sp³-hybridized carbons (Fsp3) is 0.0625. The van der Waals surface area contributed by atoms with E-state index in [-0.39, 0.29) is 4.24 Å². The van der Waals surface area contributed by atoms with E-state index in [4.69, 9.17) is 5.14 Å². The average Bonchev–Trinajstić information content (AvgIpc) is 3.17. The minimum absolute atomic E-state index is 0.129. The number of nitrogens with zero attached hydrogens (tertiary/aromatic N) is 2. The van der Waals surface area contributed by atoms with Gasteiger partial charge in [-0.3, -0.25) is 0 Å². The Bertz CT molecular complexity index is 972. The Morgan fingerprint density at radius 3 is 2.50 bits per heavy atom. The second-order valence-electron chi connectivity index (χ2n) is 5.09. The van der Waals surface area contributed by atoms with Gasteiger partial charge < -0.3 is 4.57 Å². The first-order valence-corrected chi connectivity index (χ1v) is 10.2. The molecule has 0 aliphatic heterocycles. The van der Waals surface area contributed by atoms with E-state index in [9.17, 15) is 8.42 Å². The van der Waals surface area contributed by atoms with Crippen LogP contribution < -0.4 is 5.14 Å². The lowest BCUT2D eigenvalue weighted by Crippen LogP contribution is -2.12. The summed E-state index contributed by atoms with van der Waals surface area (Å²) in [4.78, 5) is 5.68. The van der Waals surface area contributed by atoms with Crippen molar-refractivity contribution in [2.45, 2.75) is 5.16 Å². The quantitative estimate of drug-likeness (QED) is 0.688. The third kappa shape index (κ3) is 3.62. The number of benzene rings is 1. The van der Waals surface area contributed by atoms with Crippen LogP contribution in [-0.4, -0.2) is 18.0 Å². The van der Waals surface area contributed by atoms with Crippen LogP contribution in [0.3, 0.4) is 0 Å². The van der Waals surface area contributed by atoms with Crippen LogP contribution in [0.5, 0.6) is 0 Å². The molecule has 2 aromatic heterocycles. The molecular formula is C16H15N3O2S3. The van der Waals surface area contributed by atoms with E-state index < -0.39 is 10.0 Å². The molecule has 0 spiro atoms. The molecule has 0 bridgehead atoms. The van der Waals surface area contributed by atoms with Gasteiger partial charge in [0, 0.05) is 23.7 Å². The summed E-state index contributed by atoms with van der Waals surface area (Å²) in [5, 5.41) is 7.64. The van der Waals surface area contributed by atoms with Crippen molar-refractivity contribution in [3.8, 4) is 21.7 Å². The van der Waals surface area contributed by atoms with Crippen LogP contribution in [0, 0.1) is 0 Å². The maximum absolute atomic E-state index is 11.3. The Morgan fingerprint density at radius 2 is 1.92 bits per heavy atom. The van der Waals surface area contributed by atoms with Gasteiger partial charge in [-0.25, -0.2) is 18.5 Å².